The van der Waals surface area contributed by atoms with Crippen LogP contribution in [0.3, 0.4) is 0 Å². The molecule has 3 aliphatic rings. The molecule has 0 unspecified atom stereocenters. The van der Waals surface area contributed by atoms with Gasteiger partial charge in [-0.05, 0) is 103 Å². The molecule has 0 amide bonds. The average molecular weight is 676 g/mol. The molecule has 2 aliphatic carbocycles. The minimum absolute atomic E-state index is 0.357. The van der Waals surface area contributed by atoms with Gasteiger partial charge in [-0.2, -0.15) is 0 Å². The van der Waals surface area contributed by atoms with Crippen molar-refractivity contribution in [3.63, 3.8) is 0 Å². The Morgan fingerprint density at radius 3 is 2.20 bits per heavy atom. The van der Waals surface area contributed by atoms with Crippen molar-refractivity contribution >= 4 is 28.2 Å². The highest BCUT2D eigenvalue weighted by atomic mass is 35.5. The van der Waals surface area contributed by atoms with Gasteiger partial charge in [-0.25, -0.2) is 0 Å². The Balaban J connectivity index is 0.972. The lowest BCUT2D eigenvalue weighted by Crippen LogP contribution is -2.46. The van der Waals surface area contributed by atoms with Crippen LogP contribution in [-0.2, 0) is 13.1 Å². The van der Waals surface area contributed by atoms with Crippen molar-refractivity contribution < 1.29 is 4.74 Å². The molecule has 2 heterocycles. The van der Waals surface area contributed by atoms with Crippen molar-refractivity contribution in [2.45, 2.75) is 65.5 Å². The maximum atomic E-state index is 9.12. The minimum atomic E-state index is 0.357. The van der Waals surface area contributed by atoms with Crippen molar-refractivity contribution in [2.24, 2.45) is 5.41 Å². The first-order chi connectivity index (χ1) is 23.8. The maximum absolute atomic E-state index is 9.12. The molecule has 4 aromatic rings. The third-order valence-corrected chi connectivity index (χ3v) is 10.9. The lowest BCUT2D eigenvalue weighted by atomic mass is 9.73. The molecule has 256 valence electrons. The predicted molar refractivity (Wildman–Crippen MR) is 202 cm³/mol. The summed E-state index contributed by atoms with van der Waals surface area (Å²) in [5, 5.41) is 9.92. The van der Waals surface area contributed by atoms with Gasteiger partial charge in [-0.3, -0.25) is 10.3 Å². The number of allylic oxidation sites excluding steroid dienone is 5. The monoisotopic (exact) mass is 675 g/mol. The average Bonchev–Trinajstić information content (AvgIpc) is 3.38. The van der Waals surface area contributed by atoms with Gasteiger partial charge in [0, 0.05) is 56.5 Å². The van der Waals surface area contributed by atoms with Gasteiger partial charge in [0.1, 0.15) is 5.75 Å². The number of hydrogen-bond donors (Lipinski definition) is 1. The molecule has 1 N–H and O–H groups in total. The molecular formula is C42H50ClN5O. The van der Waals surface area contributed by atoms with E-state index in [0.717, 1.165) is 93.3 Å². The first kappa shape index (κ1) is 33.5. The number of aromatic nitrogens is 2. The Morgan fingerprint density at radius 2 is 1.49 bits per heavy atom. The van der Waals surface area contributed by atoms with Gasteiger partial charge >= 0.3 is 0 Å². The zero-order chi connectivity index (χ0) is 33.8. The highest BCUT2D eigenvalue weighted by molar-refractivity contribution is 6.30. The molecule has 1 saturated heterocycles. The van der Waals surface area contributed by atoms with E-state index in [2.05, 4.69) is 81.3 Å². The number of aryl methyl sites for hydroxylation is 1. The summed E-state index contributed by atoms with van der Waals surface area (Å²) in [7, 11) is 0. The Bertz CT molecular complexity index is 1910. The number of rotatable bonds is 11. The second-order valence-corrected chi connectivity index (χ2v) is 15.2. The van der Waals surface area contributed by atoms with Crippen molar-refractivity contribution in [2.75, 3.05) is 39.3 Å². The summed E-state index contributed by atoms with van der Waals surface area (Å²) in [6.45, 7) is 12.4. The van der Waals surface area contributed by atoms with E-state index in [9.17, 15) is 0 Å². The van der Waals surface area contributed by atoms with Gasteiger partial charge in [0.25, 0.3) is 0 Å². The highest BCUT2D eigenvalue weighted by Crippen LogP contribution is 2.43. The number of halogens is 1. The number of hydrogen-bond acceptors (Lipinski definition) is 4. The van der Waals surface area contributed by atoms with Gasteiger partial charge in [-0.1, -0.05) is 79.6 Å². The summed E-state index contributed by atoms with van der Waals surface area (Å²) < 4.78 is 10.2. The topological polar surface area (TPSA) is 49.4 Å². The highest BCUT2D eigenvalue weighted by Gasteiger charge is 2.30. The number of ether oxygens (including phenoxy) is 1. The van der Waals surface area contributed by atoms with Crippen LogP contribution >= 0.6 is 11.6 Å². The van der Waals surface area contributed by atoms with E-state index in [-0.39, 0.29) is 0 Å². The summed E-state index contributed by atoms with van der Waals surface area (Å²) >= 11 is 6.22. The van der Waals surface area contributed by atoms with Crippen LogP contribution in [0.5, 0.6) is 5.75 Å². The van der Waals surface area contributed by atoms with Crippen LogP contribution in [0, 0.1) is 10.8 Å². The molecule has 7 rings (SSSR count). The summed E-state index contributed by atoms with van der Waals surface area (Å²) in [6.07, 6.45) is 11.2. The van der Waals surface area contributed by atoms with Crippen molar-refractivity contribution in [1.82, 2.24) is 18.9 Å². The number of benzene rings is 3. The summed E-state index contributed by atoms with van der Waals surface area (Å²) in [6, 6.07) is 26.9. The Hall–Kier alpha value is -4.00. The van der Waals surface area contributed by atoms with Crippen molar-refractivity contribution in [3.05, 3.63) is 124 Å². The van der Waals surface area contributed by atoms with E-state index in [1.807, 2.05) is 42.5 Å². The van der Waals surface area contributed by atoms with E-state index in [1.54, 1.807) is 11.1 Å². The van der Waals surface area contributed by atoms with Crippen LogP contribution in [0.2, 0.25) is 5.02 Å². The molecule has 7 heteroatoms. The van der Waals surface area contributed by atoms with E-state index in [1.165, 1.54) is 29.7 Å². The van der Waals surface area contributed by atoms with E-state index < -0.39 is 0 Å². The molecule has 49 heavy (non-hydrogen) atoms. The molecule has 0 bridgehead atoms. The van der Waals surface area contributed by atoms with Crippen molar-refractivity contribution in [1.29, 1.82) is 5.41 Å². The van der Waals surface area contributed by atoms with E-state index in [4.69, 9.17) is 21.7 Å². The molecule has 1 aromatic heterocycles. The van der Waals surface area contributed by atoms with Crippen LogP contribution in [-0.4, -0.2) is 58.3 Å². The van der Waals surface area contributed by atoms with Gasteiger partial charge < -0.3 is 18.8 Å². The number of piperazine rings is 1. The molecule has 0 atom stereocenters. The lowest BCUT2D eigenvalue weighted by Gasteiger charge is -2.40. The first-order valence-electron chi connectivity index (χ1n) is 18.1. The number of nitrogens with one attached hydrogen (secondary N) is 1. The Morgan fingerprint density at radius 1 is 0.776 bits per heavy atom. The third kappa shape index (κ3) is 7.92. The van der Waals surface area contributed by atoms with Crippen LogP contribution in [0.4, 0.5) is 0 Å². The smallest absolute Gasteiger partial charge is 0.203 e. The van der Waals surface area contributed by atoms with E-state index >= 15 is 0 Å². The Kier molecular flexibility index (Phi) is 10.2. The molecule has 1 fully saturated rings. The predicted octanol–water partition coefficient (Wildman–Crippen LogP) is 8.93. The normalized spacial score (nSPS) is 18.5. The SMILES string of the molecule is CC1(C)CCC(c2ccc(Cl)cc2)=C(CN2CCN(C3=CC=C(Cn4c(=N)n(CCCOc5ccccc5)c5ccccc54)CC3)CC2)C1. The fraction of sp³-hybridized carbons (Fsp3) is 0.405. The third-order valence-electron chi connectivity index (χ3n) is 10.6. The summed E-state index contributed by atoms with van der Waals surface area (Å²) in [4.78, 5) is 5.28. The fourth-order valence-corrected chi connectivity index (χ4v) is 8.03. The molecule has 6 nitrogen and oxygen atoms in total. The van der Waals surface area contributed by atoms with Crippen LogP contribution in [0.15, 0.2) is 108 Å². The molecule has 3 aromatic carbocycles. The van der Waals surface area contributed by atoms with Gasteiger partial charge in [0.2, 0.25) is 5.62 Å². The summed E-state index contributed by atoms with van der Waals surface area (Å²) in [5.41, 5.74) is 10.5. The fourth-order valence-electron chi connectivity index (χ4n) is 7.90. The standard InChI is InChI=1S/C42H50ClN5O/c1-42(2)22-21-38(33-15-17-35(43)18-16-33)34(29-42)31-45-24-26-46(27-25-45)36-19-13-32(14-20-36)30-48-40-12-7-6-11-39(40)47(41(48)44)23-8-28-49-37-9-4-3-5-10-37/h3-7,9-13,15-19,44H,8,14,20-31H2,1-2H3. The van der Waals surface area contributed by atoms with Crippen LogP contribution < -0.4 is 10.4 Å². The van der Waals surface area contributed by atoms with Crippen LogP contribution in [0.25, 0.3) is 16.6 Å². The maximum Gasteiger partial charge on any atom is 0.203 e. The van der Waals surface area contributed by atoms with Gasteiger partial charge in [-0.15, -0.1) is 0 Å². The van der Waals surface area contributed by atoms with Crippen LogP contribution in [0.1, 0.15) is 57.9 Å². The number of para-hydroxylation sites is 3. The second-order valence-electron chi connectivity index (χ2n) is 14.7. The molecule has 0 radical (unpaired) electrons. The number of nitrogens with zero attached hydrogens (tertiary/aromatic N) is 4. The minimum Gasteiger partial charge on any atom is -0.494 e. The zero-order valence-corrected chi connectivity index (χ0v) is 29.9. The molecule has 0 spiro atoms. The quantitative estimate of drug-likeness (QED) is 0.162. The first-order valence-corrected chi connectivity index (χ1v) is 18.4. The number of fused-ring (bicyclic) bond motifs is 1. The largest absolute Gasteiger partial charge is 0.494 e. The lowest BCUT2D eigenvalue weighted by molar-refractivity contribution is 0.161. The second kappa shape index (κ2) is 14.9. The molecular weight excluding hydrogens is 626 g/mol. The van der Waals surface area contributed by atoms with Crippen molar-refractivity contribution in [3.8, 4) is 5.75 Å². The van der Waals surface area contributed by atoms with E-state index in [0.29, 0.717) is 17.6 Å². The Labute approximate surface area is 296 Å². The number of imidazole rings is 1. The summed E-state index contributed by atoms with van der Waals surface area (Å²) in [5.74, 6) is 0.893. The van der Waals surface area contributed by atoms with Gasteiger partial charge in [0.15, 0.2) is 0 Å². The van der Waals surface area contributed by atoms with Gasteiger partial charge in [0.05, 0.1) is 17.6 Å². The molecule has 1 aliphatic heterocycles. The zero-order valence-electron chi connectivity index (χ0n) is 29.1. The molecule has 0 saturated carbocycles.